The molecule has 0 fully saturated rings. The van der Waals surface area contributed by atoms with Crippen molar-refractivity contribution in [3.05, 3.63) is 297 Å². The van der Waals surface area contributed by atoms with Gasteiger partial charge in [-0.05, 0) is 146 Å². The molecule has 0 atom stereocenters. The van der Waals surface area contributed by atoms with E-state index in [1.165, 1.54) is 0 Å². The zero-order valence-electron chi connectivity index (χ0n) is 44.6. The van der Waals surface area contributed by atoms with E-state index in [2.05, 4.69) is 296 Å². The number of para-hydroxylation sites is 4. The van der Waals surface area contributed by atoms with Crippen LogP contribution in [0, 0.1) is 6.92 Å². The fraction of sp³-hybridized carbons (Fsp3) is 0.0130. The maximum atomic E-state index is 6.96. The van der Waals surface area contributed by atoms with Crippen LogP contribution in [-0.2, 0) is 0 Å². The van der Waals surface area contributed by atoms with Gasteiger partial charge in [0.15, 0.2) is 11.2 Å². The summed E-state index contributed by atoms with van der Waals surface area (Å²) in [6.07, 6.45) is 2.05. The van der Waals surface area contributed by atoms with E-state index >= 15 is 0 Å². The minimum atomic E-state index is 0.805. The fourth-order valence-electron chi connectivity index (χ4n) is 12.3. The van der Waals surface area contributed by atoms with E-state index in [1.807, 2.05) is 12.1 Å². The molecule has 0 aliphatic rings. The Bertz CT molecular complexity index is 4790. The Morgan fingerprint density at radius 1 is 0.309 bits per heavy atom. The van der Waals surface area contributed by atoms with E-state index in [9.17, 15) is 0 Å². The summed E-state index contributed by atoms with van der Waals surface area (Å²) in [7, 11) is 0. The second kappa shape index (κ2) is 19.7. The summed E-state index contributed by atoms with van der Waals surface area (Å²) in [4.78, 5) is 4.82. The van der Waals surface area contributed by atoms with Crippen LogP contribution in [-0.4, -0.2) is 0 Å². The molecule has 13 aromatic carbocycles. The third-order valence-electron chi connectivity index (χ3n) is 16.1. The second-order valence-electron chi connectivity index (χ2n) is 20.9. The highest BCUT2D eigenvalue weighted by Gasteiger charge is 2.27. The maximum absolute atomic E-state index is 6.96. The molecule has 2 aromatic heterocycles. The average Bonchev–Trinajstić information content (AvgIpc) is 3.91. The Morgan fingerprint density at radius 3 is 1.16 bits per heavy atom. The summed E-state index contributed by atoms with van der Waals surface area (Å²) in [6.45, 7) is 6.92. The predicted octanol–water partition coefficient (Wildman–Crippen LogP) is 22.4. The third kappa shape index (κ3) is 8.15. The molecule has 4 heteroatoms. The number of hydrogen-bond acceptors (Lipinski definition) is 4. The molecule has 0 saturated heterocycles. The topological polar surface area (TPSA) is 32.8 Å². The van der Waals surface area contributed by atoms with Crippen molar-refractivity contribution in [2.75, 3.05) is 9.80 Å². The van der Waals surface area contributed by atoms with Crippen molar-refractivity contribution < 1.29 is 8.83 Å². The Morgan fingerprint density at radius 2 is 0.704 bits per heavy atom. The maximum Gasteiger partial charge on any atom is 0.159 e. The lowest BCUT2D eigenvalue weighted by atomic mass is 9.91. The molecular weight excluding hydrogens is 985 g/mol. The lowest BCUT2D eigenvalue weighted by Gasteiger charge is -2.30. The van der Waals surface area contributed by atoms with Gasteiger partial charge in [0.05, 0.1) is 22.7 Å². The van der Waals surface area contributed by atoms with Crippen LogP contribution in [0.4, 0.5) is 34.1 Å². The molecule has 15 aromatic rings. The first-order valence-corrected chi connectivity index (χ1v) is 27.6. The zero-order chi connectivity index (χ0) is 54.0. The first-order chi connectivity index (χ1) is 40.0. The van der Waals surface area contributed by atoms with Crippen molar-refractivity contribution in [3.8, 4) is 44.5 Å². The van der Waals surface area contributed by atoms with Crippen molar-refractivity contribution in [2.24, 2.45) is 0 Å². The van der Waals surface area contributed by atoms with Gasteiger partial charge in [-0.3, -0.25) is 0 Å². The highest BCUT2D eigenvalue weighted by molar-refractivity contribution is 6.20. The normalized spacial score (nSPS) is 11.6. The molecule has 0 saturated carbocycles. The number of anilines is 6. The van der Waals surface area contributed by atoms with Gasteiger partial charge >= 0.3 is 0 Å². The van der Waals surface area contributed by atoms with Crippen molar-refractivity contribution in [2.45, 2.75) is 6.92 Å². The standard InChI is InChI=1S/C77H52N2O2/c1-3-62-68(78(70-34-20-32-65-63-30-16-18-36-72(63)80-76(65)70)60-46-56(51-22-8-4-9-23-51)44-57(47-60)52-24-10-5-11-25-52)43-40-55-39-41-67-69(42-38-50(2)74(67)75(55)62)79(71-35-21-33-66-64-31-17-19-37-73(64)81-77(66)71)61-48-58(53-26-12-6-13-27-53)45-59(49-61)54-28-14-7-15-29-54/h3-49H,1H2,2H3. The highest BCUT2D eigenvalue weighted by atomic mass is 16.3. The number of rotatable bonds is 11. The number of nitrogens with zero attached hydrogens (tertiary/aromatic N) is 2. The number of fused-ring (bicyclic) bond motifs is 9. The van der Waals surface area contributed by atoms with Gasteiger partial charge < -0.3 is 18.6 Å². The monoisotopic (exact) mass is 1040 g/mol. The van der Waals surface area contributed by atoms with Crippen molar-refractivity contribution in [3.63, 3.8) is 0 Å². The van der Waals surface area contributed by atoms with E-state index in [1.54, 1.807) is 0 Å². The van der Waals surface area contributed by atoms with Crippen LogP contribution >= 0.6 is 0 Å². The third-order valence-corrected chi connectivity index (χ3v) is 16.1. The quantitative estimate of drug-likeness (QED) is 0.121. The summed E-state index contributed by atoms with van der Waals surface area (Å²) < 4.78 is 13.9. The number of hydrogen-bond donors (Lipinski definition) is 0. The summed E-state index contributed by atoms with van der Waals surface area (Å²) in [5, 5.41) is 8.69. The van der Waals surface area contributed by atoms with E-state index in [-0.39, 0.29) is 0 Å². The van der Waals surface area contributed by atoms with Gasteiger partial charge in [0.2, 0.25) is 0 Å². The van der Waals surface area contributed by atoms with Gasteiger partial charge in [0.25, 0.3) is 0 Å². The Balaban J connectivity index is 1.03. The Kier molecular flexibility index (Phi) is 11.5. The van der Waals surface area contributed by atoms with Gasteiger partial charge in [-0.25, -0.2) is 0 Å². The van der Waals surface area contributed by atoms with E-state index in [0.717, 1.165) is 155 Å². The van der Waals surface area contributed by atoms with Gasteiger partial charge in [-0.15, -0.1) is 0 Å². The van der Waals surface area contributed by atoms with Crippen LogP contribution in [0.1, 0.15) is 11.1 Å². The van der Waals surface area contributed by atoms with Crippen LogP contribution in [0.2, 0.25) is 0 Å². The SMILES string of the molecule is C=Cc1c(N(c2cc(-c3ccccc3)cc(-c3ccccc3)c2)c2cccc3c2oc2ccccc23)ccc2ccc3c(N(c4cc(-c5ccccc5)cc(-c5ccccc5)c4)c4cccc5c4oc4ccccc45)ccc(C)c3c12. The lowest BCUT2D eigenvalue weighted by Crippen LogP contribution is -2.13. The van der Waals surface area contributed by atoms with Crippen LogP contribution < -0.4 is 9.80 Å². The van der Waals surface area contributed by atoms with Gasteiger partial charge in [-0.1, -0.05) is 219 Å². The van der Waals surface area contributed by atoms with Gasteiger partial charge in [-0.2, -0.15) is 0 Å². The lowest BCUT2D eigenvalue weighted by molar-refractivity contribution is 0.668. The molecule has 0 bridgehead atoms. The summed E-state index contributed by atoms with van der Waals surface area (Å²) >= 11 is 0. The van der Waals surface area contributed by atoms with Crippen molar-refractivity contribution in [1.29, 1.82) is 0 Å². The molecular formula is C77H52N2O2. The smallest absolute Gasteiger partial charge is 0.159 e. The number of aryl methyl sites for hydroxylation is 1. The summed E-state index contributed by atoms with van der Waals surface area (Å²) in [5.41, 5.74) is 20.2. The molecule has 0 unspecified atom stereocenters. The molecule has 0 N–H and O–H groups in total. The molecule has 0 radical (unpaired) electrons. The number of benzene rings is 13. The molecule has 0 spiro atoms. The van der Waals surface area contributed by atoms with E-state index in [0.29, 0.717) is 0 Å². The molecule has 4 nitrogen and oxygen atoms in total. The van der Waals surface area contributed by atoms with Gasteiger partial charge in [0.1, 0.15) is 11.2 Å². The largest absolute Gasteiger partial charge is 0.454 e. The van der Waals surface area contributed by atoms with E-state index in [4.69, 9.17) is 8.83 Å². The number of furan rings is 2. The van der Waals surface area contributed by atoms with Crippen LogP contribution in [0.3, 0.4) is 0 Å². The first kappa shape index (κ1) is 47.5. The molecule has 0 amide bonds. The Hall–Kier alpha value is -10.7. The minimum absolute atomic E-state index is 0.805. The van der Waals surface area contributed by atoms with Crippen LogP contribution in [0.15, 0.2) is 294 Å². The van der Waals surface area contributed by atoms with Crippen LogP contribution in [0.25, 0.3) is 116 Å². The first-order valence-electron chi connectivity index (χ1n) is 27.6. The van der Waals surface area contributed by atoms with Gasteiger partial charge in [0, 0.05) is 43.9 Å². The molecule has 0 aliphatic heterocycles. The van der Waals surface area contributed by atoms with E-state index < -0.39 is 0 Å². The predicted molar refractivity (Wildman–Crippen MR) is 342 cm³/mol. The Labute approximate surface area is 469 Å². The van der Waals surface area contributed by atoms with Crippen molar-refractivity contribution in [1.82, 2.24) is 0 Å². The second-order valence-corrected chi connectivity index (χ2v) is 20.9. The average molecular weight is 1040 g/mol. The molecule has 382 valence electrons. The molecule has 15 rings (SSSR count). The highest BCUT2D eigenvalue weighted by Crippen LogP contribution is 2.51. The molecule has 2 heterocycles. The fourth-order valence-corrected chi connectivity index (χ4v) is 12.3. The minimum Gasteiger partial charge on any atom is -0.454 e. The summed E-state index contributed by atoms with van der Waals surface area (Å²) in [5.74, 6) is 0. The van der Waals surface area contributed by atoms with Crippen LogP contribution in [0.5, 0.6) is 0 Å². The zero-order valence-corrected chi connectivity index (χ0v) is 44.6. The summed E-state index contributed by atoms with van der Waals surface area (Å²) in [6, 6.07) is 100. The molecule has 0 aliphatic carbocycles. The van der Waals surface area contributed by atoms with Crippen molar-refractivity contribution >= 4 is 106 Å². The molecule has 81 heavy (non-hydrogen) atoms.